The molecule has 1 atom stereocenters. The Balaban J connectivity index is 1.66. The molecule has 3 rings (SSSR count). The van der Waals surface area contributed by atoms with Gasteiger partial charge in [0.1, 0.15) is 17.2 Å². The van der Waals surface area contributed by atoms with Crippen molar-refractivity contribution in [2.24, 2.45) is 22.4 Å². The molecule has 204 valence electrons. The summed E-state index contributed by atoms with van der Waals surface area (Å²) >= 11 is 7.40. The molecule has 0 aliphatic carbocycles. The summed E-state index contributed by atoms with van der Waals surface area (Å²) in [4.78, 5) is 53.2. The second-order valence-corrected chi connectivity index (χ2v) is 9.86. The number of guanidine groups is 1. The van der Waals surface area contributed by atoms with Crippen LogP contribution < -0.4 is 16.2 Å². The van der Waals surface area contributed by atoms with Crippen molar-refractivity contribution in [3.63, 3.8) is 0 Å². The van der Waals surface area contributed by atoms with Gasteiger partial charge in [0.05, 0.1) is 11.3 Å². The first-order valence-corrected chi connectivity index (χ1v) is 12.7. The molecule has 1 heterocycles. The zero-order chi connectivity index (χ0) is 28.7. The van der Waals surface area contributed by atoms with Crippen LogP contribution in [0.1, 0.15) is 38.1 Å². The summed E-state index contributed by atoms with van der Waals surface area (Å²) in [5, 5.41) is 20.2. The SMILES string of the molecule is CC(Cc1ccc(OC(=O)c2ccc(N=C(N)N)cc2)cc1Cl)C(=O)N(CC(=O)O)Cc1csc(C(=O)O)c1. The van der Waals surface area contributed by atoms with Gasteiger partial charge in [0.15, 0.2) is 5.96 Å². The lowest BCUT2D eigenvalue weighted by molar-refractivity contribution is -0.146. The Bertz CT molecular complexity index is 1420. The number of carboxylic acids is 2. The van der Waals surface area contributed by atoms with Gasteiger partial charge in [0, 0.05) is 17.5 Å². The van der Waals surface area contributed by atoms with Gasteiger partial charge in [-0.2, -0.15) is 0 Å². The lowest BCUT2D eigenvalue weighted by atomic mass is 9.99. The highest BCUT2D eigenvalue weighted by molar-refractivity contribution is 7.12. The van der Waals surface area contributed by atoms with E-state index in [2.05, 4.69) is 4.99 Å². The molecule has 13 heteroatoms. The molecule has 39 heavy (non-hydrogen) atoms. The summed E-state index contributed by atoms with van der Waals surface area (Å²) in [7, 11) is 0. The van der Waals surface area contributed by atoms with Crippen molar-refractivity contribution in [2.45, 2.75) is 19.9 Å². The first kappa shape index (κ1) is 29.1. The Morgan fingerprint density at radius 3 is 2.33 bits per heavy atom. The van der Waals surface area contributed by atoms with Crippen LogP contribution in [0.4, 0.5) is 5.69 Å². The lowest BCUT2D eigenvalue weighted by Crippen LogP contribution is -2.39. The van der Waals surface area contributed by atoms with E-state index in [9.17, 15) is 24.3 Å². The van der Waals surface area contributed by atoms with Crippen LogP contribution in [0.2, 0.25) is 5.02 Å². The number of thiophene rings is 1. The minimum Gasteiger partial charge on any atom is -0.480 e. The predicted octanol–water partition coefficient (Wildman–Crippen LogP) is 3.52. The highest BCUT2D eigenvalue weighted by Crippen LogP contribution is 2.27. The molecule has 11 nitrogen and oxygen atoms in total. The van der Waals surface area contributed by atoms with Crippen molar-refractivity contribution in [1.29, 1.82) is 0 Å². The second kappa shape index (κ2) is 12.9. The number of aliphatic carboxylic acids is 1. The maximum atomic E-state index is 13.1. The molecule has 1 unspecified atom stereocenters. The monoisotopic (exact) mass is 572 g/mol. The molecular formula is C26H25ClN4O7S. The van der Waals surface area contributed by atoms with Gasteiger partial charge in [0.2, 0.25) is 5.91 Å². The van der Waals surface area contributed by atoms with Gasteiger partial charge in [-0.3, -0.25) is 9.59 Å². The molecule has 0 aliphatic rings. The number of halogens is 1. The second-order valence-electron chi connectivity index (χ2n) is 8.54. The average molecular weight is 573 g/mol. The van der Waals surface area contributed by atoms with Crippen molar-refractivity contribution in [3.05, 3.63) is 80.5 Å². The van der Waals surface area contributed by atoms with E-state index in [4.69, 9.17) is 32.9 Å². The van der Waals surface area contributed by atoms with E-state index in [0.717, 1.165) is 16.2 Å². The summed E-state index contributed by atoms with van der Waals surface area (Å²) in [6, 6.07) is 12.2. The fraction of sp³-hybridized carbons (Fsp3) is 0.192. The number of hydrogen-bond donors (Lipinski definition) is 4. The van der Waals surface area contributed by atoms with E-state index in [1.165, 1.54) is 30.3 Å². The summed E-state index contributed by atoms with van der Waals surface area (Å²) in [6.45, 7) is 1.05. The number of aliphatic imine (C=N–C) groups is 1. The number of rotatable bonds is 11. The van der Waals surface area contributed by atoms with Gasteiger partial charge in [-0.1, -0.05) is 24.6 Å². The zero-order valence-corrected chi connectivity index (χ0v) is 22.2. The number of nitrogens with two attached hydrogens (primary N) is 2. The average Bonchev–Trinajstić information content (AvgIpc) is 3.33. The molecular weight excluding hydrogens is 548 g/mol. The molecule has 6 N–H and O–H groups in total. The van der Waals surface area contributed by atoms with E-state index in [1.807, 2.05) is 0 Å². The molecule has 1 aromatic heterocycles. The summed E-state index contributed by atoms with van der Waals surface area (Å²) in [5.74, 6) is -3.91. The Hall–Kier alpha value is -4.42. The van der Waals surface area contributed by atoms with Gasteiger partial charge in [-0.15, -0.1) is 11.3 Å². The van der Waals surface area contributed by atoms with E-state index < -0.39 is 36.3 Å². The summed E-state index contributed by atoms with van der Waals surface area (Å²) in [6.07, 6.45) is 0.193. The smallest absolute Gasteiger partial charge is 0.345 e. The van der Waals surface area contributed by atoms with Gasteiger partial charge in [0.25, 0.3) is 0 Å². The molecule has 0 fully saturated rings. The Morgan fingerprint density at radius 2 is 1.77 bits per heavy atom. The maximum absolute atomic E-state index is 13.1. The van der Waals surface area contributed by atoms with E-state index in [1.54, 1.807) is 30.5 Å². The summed E-state index contributed by atoms with van der Waals surface area (Å²) in [5.41, 5.74) is 12.5. The molecule has 3 aromatic rings. The normalized spacial score (nSPS) is 11.3. The molecule has 0 aliphatic heterocycles. The van der Waals surface area contributed by atoms with Crippen LogP contribution in [0.5, 0.6) is 5.75 Å². The van der Waals surface area contributed by atoms with Gasteiger partial charge in [-0.25, -0.2) is 14.6 Å². The van der Waals surface area contributed by atoms with Crippen LogP contribution in [0, 0.1) is 5.92 Å². The Labute approximate surface area is 232 Å². The van der Waals surface area contributed by atoms with Crippen molar-refractivity contribution in [2.75, 3.05) is 6.54 Å². The van der Waals surface area contributed by atoms with Crippen molar-refractivity contribution >= 4 is 58.4 Å². The van der Waals surface area contributed by atoms with E-state index in [-0.39, 0.29) is 40.1 Å². The van der Waals surface area contributed by atoms with Crippen LogP contribution in [0.25, 0.3) is 0 Å². The minimum atomic E-state index is -1.20. The Morgan fingerprint density at radius 1 is 1.08 bits per heavy atom. The zero-order valence-electron chi connectivity index (χ0n) is 20.7. The van der Waals surface area contributed by atoms with Crippen molar-refractivity contribution in [3.8, 4) is 5.75 Å². The molecule has 0 radical (unpaired) electrons. The highest BCUT2D eigenvalue weighted by Gasteiger charge is 2.25. The third kappa shape index (κ3) is 8.28. The fourth-order valence-electron chi connectivity index (χ4n) is 3.64. The Kier molecular flexibility index (Phi) is 9.63. The number of carboxylic acid groups (broad SMARTS) is 2. The van der Waals surface area contributed by atoms with Crippen LogP contribution in [-0.2, 0) is 22.6 Å². The lowest BCUT2D eigenvalue weighted by Gasteiger charge is -2.24. The van der Waals surface area contributed by atoms with E-state index in [0.29, 0.717) is 16.8 Å². The van der Waals surface area contributed by atoms with Crippen LogP contribution >= 0.6 is 22.9 Å². The highest BCUT2D eigenvalue weighted by atomic mass is 35.5. The van der Waals surface area contributed by atoms with E-state index >= 15 is 0 Å². The number of benzene rings is 2. The third-order valence-electron chi connectivity index (χ3n) is 5.42. The predicted molar refractivity (Wildman–Crippen MR) is 146 cm³/mol. The van der Waals surface area contributed by atoms with Gasteiger partial charge < -0.3 is 31.3 Å². The molecule has 0 bridgehead atoms. The number of carbonyl (C=O) groups is 4. The molecule has 1 amide bonds. The first-order chi connectivity index (χ1) is 18.4. The van der Waals surface area contributed by atoms with Crippen LogP contribution in [0.3, 0.4) is 0 Å². The molecule has 0 saturated carbocycles. The minimum absolute atomic E-state index is 0.0468. The number of ether oxygens (including phenoxy) is 1. The van der Waals surface area contributed by atoms with Gasteiger partial charge >= 0.3 is 17.9 Å². The molecule has 0 saturated heterocycles. The summed E-state index contributed by atoms with van der Waals surface area (Å²) < 4.78 is 5.39. The molecule has 2 aromatic carbocycles. The number of hydrogen-bond acceptors (Lipinski definition) is 7. The fourth-order valence-corrected chi connectivity index (χ4v) is 4.63. The number of carbonyl (C=O) groups excluding carboxylic acids is 2. The number of amides is 1. The van der Waals surface area contributed by atoms with Crippen molar-refractivity contribution in [1.82, 2.24) is 4.90 Å². The largest absolute Gasteiger partial charge is 0.480 e. The van der Waals surface area contributed by atoms with Crippen LogP contribution in [0.15, 0.2) is 58.9 Å². The number of aromatic carboxylic acids is 1. The van der Waals surface area contributed by atoms with Crippen LogP contribution in [-0.4, -0.2) is 51.4 Å². The topological polar surface area (TPSA) is 186 Å². The standard InChI is InChI=1S/C26H25ClN4O7S/c1-14(23(34)31(12-22(32)33)11-15-9-21(24(35)36)39-13-15)8-17-4-7-19(10-20(17)27)38-25(37)16-2-5-18(6-3-16)30-26(28)29/h2-7,9-10,13-14H,8,11-12H2,1H3,(H,32,33)(H,35,36)(H4,28,29,30). The van der Waals surface area contributed by atoms with Crippen molar-refractivity contribution < 1.29 is 34.1 Å². The molecule has 0 spiro atoms. The number of nitrogens with zero attached hydrogens (tertiary/aromatic N) is 2. The first-order valence-electron chi connectivity index (χ1n) is 11.4. The third-order valence-corrected chi connectivity index (χ3v) is 6.74. The maximum Gasteiger partial charge on any atom is 0.345 e. The quantitative estimate of drug-likeness (QED) is 0.115. The number of esters is 1. The van der Waals surface area contributed by atoms with Gasteiger partial charge in [-0.05, 0) is 65.4 Å².